The largest absolute Gasteiger partial charge is 3.00 e. The van der Waals surface area contributed by atoms with Gasteiger partial charge in [0.1, 0.15) is 0 Å². The summed E-state index contributed by atoms with van der Waals surface area (Å²) < 4.78 is 0. The fourth-order valence-corrected chi connectivity index (χ4v) is 0. The van der Waals surface area contributed by atoms with Gasteiger partial charge in [-0.05, 0) is 0 Å². The molecule has 0 aromatic carbocycles. The summed E-state index contributed by atoms with van der Waals surface area (Å²) >= 11 is 0. The summed E-state index contributed by atoms with van der Waals surface area (Å²) in [4.78, 5) is 24.8. The standard InChI is InChI=1S/3NO3.6H2O.Tb/c3*2-1(3)4;;;;;;;/h;;;6*1H2;/q3*-1;;;;;;;+3. The van der Waals surface area contributed by atoms with E-state index in [9.17, 15) is 0 Å². The summed E-state index contributed by atoms with van der Waals surface area (Å²) in [7, 11) is 0. The van der Waals surface area contributed by atoms with Gasteiger partial charge in [-0.3, -0.25) is 0 Å². The summed E-state index contributed by atoms with van der Waals surface area (Å²) in [6.45, 7) is 0. The van der Waals surface area contributed by atoms with Gasteiger partial charge in [-0.1, -0.05) is 0 Å². The van der Waals surface area contributed by atoms with Crippen LogP contribution in [0, 0.1) is 84.6 Å². The molecule has 126 valence electrons. The summed E-state index contributed by atoms with van der Waals surface area (Å²) in [6.07, 6.45) is 0. The van der Waals surface area contributed by atoms with Gasteiger partial charge in [-0.25, -0.2) is 0 Å². The summed E-state index contributed by atoms with van der Waals surface area (Å²) in [5.41, 5.74) is 0. The molecular formula is H12N3O15Tb. The molecular weight excluding hydrogens is 441 g/mol. The molecule has 0 saturated heterocycles. The molecule has 12 N–H and O–H groups in total. The Kier molecular flexibility index (Phi) is 307. The van der Waals surface area contributed by atoms with Gasteiger partial charge in [0, 0.05) is 0 Å². The molecule has 0 spiro atoms. The quantitative estimate of drug-likeness (QED) is 0.249. The second-order valence-corrected chi connectivity index (χ2v) is 0.671. The van der Waals surface area contributed by atoms with Crippen LogP contribution in [-0.2, 0) is 0 Å². The SMILES string of the molecule is O.O.O.O.O.O.O=[N+]([O-])[O-].O=[N+]([O-])[O-].O=[N+]([O-])[O-].[Tb+3]. The first kappa shape index (κ1) is 83.6. The van der Waals surface area contributed by atoms with E-state index in [1.54, 1.807) is 0 Å². The van der Waals surface area contributed by atoms with E-state index in [-0.39, 0.29) is 71.5 Å². The third-order valence-corrected chi connectivity index (χ3v) is 0. The van der Waals surface area contributed by atoms with E-state index in [2.05, 4.69) is 0 Å². The third-order valence-electron chi connectivity index (χ3n) is 0. The van der Waals surface area contributed by atoms with E-state index in [0.29, 0.717) is 0 Å². The molecule has 0 rings (SSSR count). The zero-order valence-corrected chi connectivity index (χ0v) is 10.5. The molecule has 0 aliphatic carbocycles. The van der Waals surface area contributed by atoms with Crippen molar-refractivity contribution in [1.82, 2.24) is 0 Å². The molecule has 0 aliphatic rings. The van der Waals surface area contributed by atoms with Crippen LogP contribution in [0.25, 0.3) is 0 Å². The van der Waals surface area contributed by atoms with E-state index in [1.807, 2.05) is 0 Å². The van der Waals surface area contributed by atoms with E-state index in [0.717, 1.165) is 0 Å². The molecule has 0 unspecified atom stereocenters. The van der Waals surface area contributed by atoms with Gasteiger partial charge in [0.2, 0.25) is 0 Å². The third kappa shape index (κ3) is 1950. The first-order valence-corrected chi connectivity index (χ1v) is 1.64. The second-order valence-electron chi connectivity index (χ2n) is 0.671. The average Bonchev–Trinajstić information content (AvgIpc) is 1.54. The topological polar surface area (TPSA) is 388 Å². The van der Waals surface area contributed by atoms with E-state index >= 15 is 0 Å². The van der Waals surface area contributed by atoms with Crippen molar-refractivity contribution in [1.29, 1.82) is 0 Å². The molecule has 0 aromatic heterocycles. The van der Waals surface area contributed by atoms with Crippen LogP contribution in [0.5, 0.6) is 0 Å². The Morgan fingerprint density at radius 2 is 0.421 bits per heavy atom. The zero-order chi connectivity index (χ0) is 10.7. The van der Waals surface area contributed by atoms with Crippen LogP contribution in [0.3, 0.4) is 0 Å². The van der Waals surface area contributed by atoms with Crippen LogP contribution >= 0.6 is 0 Å². The molecule has 19 heavy (non-hydrogen) atoms. The van der Waals surface area contributed by atoms with Crippen LogP contribution < -0.4 is 0 Å². The minimum atomic E-state index is -1.75. The molecule has 0 radical (unpaired) electrons. The van der Waals surface area contributed by atoms with E-state index in [1.165, 1.54) is 0 Å². The fraction of sp³-hybridized carbons (Fsp3) is 0. The predicted molar refractivity (Wildman–Crippen MR) is 52.8 cm³/mol. The zero-order valence-electron chi connectivity index (χ0n) is 8.35. The van der Waals surface area contributed by atoms with Crippen molar-refractivity contribution in [3.05, 3.63) is 46.0 Å². The van der Waals surface area contributed by atoms with Crippen molar-refractivity contribution >= 4 is 0 Å². The Bertz CT molecular complexity index is 115. The summed E-state index contributed by atoms with van der Waals surface area (Å²) in [5.74, 6) is 0. The Labute approximate surface area is 132 Å². The molecule has 0 aromatic rings. The first-order chi connectivity index (χ1) is 5.20. The first-order valence-electron chi connectivity index (χ1n) is 1.64. The predicted octanol–water partition coefficient (Wildman–Crippen LogP) is -5.67. The van der Waals surface area contributed by atoms with Crippen molar-refractivity contribution < 1.29 is 86.7 Å². The van der Waals surface area contributed by atoms with Gasteiger partial charge in [0.15, 0.2) is 0 Å². The van der Waals surface area contributed by atoms with Gasteiger partial charge < -0.3 is 78.8 Å². The molecule has 0 fully saturated rings. The number of hydrogen-bond acceptors (Lipinski definition) is 9. The molecule has 0 heterocycles. The van der Waals surface area contributed by atoms with Crippen LogP contribution in [0.1, 0.15) is 0 Å². The fourth-order valence-electron chi connectivity index (χ4n) is 0. The average molecular weight is 453 g/mol. The number of rotatable bonds is 0. The van der Waals surface area contributed by atoms with Gasteiger partial charge >= 0.3 is 38.6 Å². The Morgan fingerprint density at radius 1 is 0.421 bits per heavy atom. The molecule has 0 amide bonds. The minimum Gasteiger partial charge on any atom is -0.412 e. The van der Waals surface area contributed by atoms with Crippen LogP contribution in [0.2, 0.25) is 0 Å². The molecule has 18 nitrogen and oxygen atoms in total. The maximum Gasteiger partial charge on any atom is 3.00 e. The van der Waals surface area contributed by atoms with Crippen molar-refractivity contribution in [2.75, 3.05) is 0 Å². The smallest absolute Gasteiger partial charge is 0.412 e. The molecule has 0 atom stereocenters. The molecule has 0 aliphatic heterocycles. The van der Waals surface area contributed by atoms with Crippen LogP contribution in [-0.4, -0.2) is 48.1 Å². The Balaban J connectivity index is -0.00000000675. The second kappa shape index (κ2) is 69.7. The Hall–Kier alpha value is -1.35. The summed E-state index contributed by atoms with van der Waals surface area (Å²) in [5, 5.41) is 44.2. The maximum absolute atomic E-state index is 8.25. The van der Waals surface area contributed by atoms with E-state index < -0.39 is 15.3 Å². The van der Waals surface area contributed by atoms with Crippen molar-refractivity contribution in [2.24, 2.45) is 0 Å². The van der Waals surface area contributed by atoms with Crippen LogP contribution in [0.4, 0.5) is 0 Å². The van der Waals surface area contributed by atoms with Crippen LogP contribution in [0.15, 0.2) is 0 Å². The van der Waals surface area contributed by atoms with E-state index in [4.69, 9.17) is 46.0 Å². The Morgan fingerprint density at radius 3 is 0.421 bits per heavy atom. The number of nitrogens with zero attached hydrogens (tertiary/aromatic N) is 3. The summed E-state index contributed by atoms with van der Waals surface area (Å²) in [6, 6.07) is 0. The van der Waals surface area contributed by atoms with Gasteiger partial charge in [-0.15, -0.1) is 0 Å². The van der Waals surface area contributed by atoms with Gasteiger partial charge in [0.05, 0.1) is 15.3 Å². The van der Waals surface area contributed by atoms with Crippen molar-refractivity contribution in [3.63, 3.8) is 0 Å². The monoisotopic (exact) mass is 453 g/mol. The maximum atomic E-state index is 8.25. The van der Waals surface area contributed by atoms with Crippen molar-refractivity contribution in [3.8, 4) is 0 Å². The molecule has 0 bridgehead atoms. The molecule has 0 saturated carbocycles. The molecule has 19 heteroatoms. The normalized spacial score (nSPS) is 3.79. The van der Waals surface area contributed by atoms with Gasteiger partial charge in [0.25, 0.3) is 0 Å². The minimum absolute atomic E-state index is 0. The van der Waals surface area contributed by atoms with Gasteiger partial charge in [-0.2, -0.15) is 0 Å². The van der Waals surface area contributed by atoms with Crippen molar-refractivity contribution in [2.45, 2.75) is 0 Å². The number of hydrogen-bond donors (Lipinski definition) is 0.